The predicted molar refractivity (Wildman–Crippen MR) is 125 cm³/mol. The van der Waals surface area contributed by atoms with Gasteiger partial charge in [0.2, 0.25) is 5.91 Å². The minimum absolute atomic E-state index is 0.0994. The lowest BCUT2D eigenvalue weighted by molar-refractivity contribution is -0.119. The third kappa shape index (κ3) is 3.59. The first-order chi connectivity index (χ1) is 15.8. The van der Waals surface area contributed by atoms with Crippen LogP contribution in [0.1, 0.15) is 59.5 Å². The van der Waals surface area contributed by atoms with E-state index in [9.17, 15) is 4.79 Å². The summed E-state index contributed by atoms with van der Waals surface area (Å²) >= 11 is 0. The van der Waals surface area contributed by atoms with E-state index in [1.54, 1.807) is 15.6 Å². The number of nitrogens with zero attached hydrogens (tertiary/aromatic N) is 5. The molecule has 0 spiro atoms. The molecule has 0 saturated carbocycles. The van der Waals surface area contributed by atoms with Crippen molar-refractivity contribution >= 4 is 23.0 Å². The summed E-state index contributed by atoms with van der Waals surface area (Å²) in [6, 6.07) is 5.53. The molecule has 3 aromatic rings. The normalized spacial score (nSPS) is 17.4. The number of nitrogens with two attached hydrogens (primary N) is 1. The molecule has 170 valence electrons. The van der Waals surface area contributed by atoms with Gasteiger partial charge in [-0.05, 0) is 62.8 Å². The molecular weight excluding hydrogens is 419 g/mol. The number of allylic oxidation sites excluding steroid dienone is 1. The van der Waals surface area contributed by atoms with E-state index < -0.39 is 0 Å². The molecular formula is C25H27FN6O. The zero-order valence-electron chi connectivity index (χ0n) is 19.1. The largest absolute Gasteiger partial charge is 0.383 e. The fourth-order valence-corrected chi connectivity index (χ4v) is 4.99. The molecule has 1 aromatic carbocycles. The highest BCUT2D eigenvalue weighted by molar-refractivity contribution is 5.96. The summed E-state index contributed by atoms with van der Waals surface area (Å²) in [4.78, 5) is 23.3. The molecule has 1 amide bonds. The van der Waals surface area contributed by atoms with Gasteiger partial charge in [-0.2, -0.15) is 5.10 Å². The predicted octanol–water partition coefficient (Wildman–Crippen LogP) is 3.93. The maximum atomic E-state index is 15.9. The topological polar surface area (TPSA) is 89.9 Å². The number of amides is 1. The maximum Gasteiger partial charge on any atom is 0.248 e. The molecule has 1 aliphatic heterocycles. The number of carbonyl (C=O) groups excluding carboxylic acids is 1. The number of fused-ring (bicyclic) bond motifs is 2. The Balaban J connectivity index is 1.51. The number of carbonyl (C=O) groups is 1. The summed E-state index contributed by atoms with van der Waals surface area (Å²) in [5, 5.41) is 4.38. The zero-order chi connectivity index (χ0) is 23.3. The molecule has 0 radical (unpaired) electrons. The van der Waals surface area contributed by atoms with Crippen molar-refractivity contribution in [2.45, 2.75) is 52.5 Å². The van der Waals surface area contributed by atoms with Crippen LogP contribution in [-0.4, -0.2) is 32.2 Å². The number of halogens is 1. The van der Waals surface area contributed by atoms with Gasteiger partial charge in [-0.25, -0.2) is 14.4 Å². The van der Waals surface area contributed by atoms with Crippen molar-refractivity contribution in [1.82, 2.24) is 19.7 Å². The van der Waals surface area contributed by atoms with E-state index >= 15 is 4.39 Å². The van der Waals surface area contributed by atoms with Crippen molar-refractivity contribution < 1.29 is 9.18 Å². The highest BCUT2D eigenvalue weighted by Gasteiger charge is 2.31. The van der Waals surface area contributed by atoms with Crippen LogP contribution >= 0.6 is 0 Å². The van der Waals surface area contributed by atoms with Crippen molar-refractivity contribution in [1.29, 1.82) is 0 Å². The van der Waals surface area contributed by atoms with Crippen molar-refractivity contribution in [2.24, 2.45) is 0 Å². The lowest BCUT2D eigenvalue weighted by Crippen LogP contribution is -2.32. The molecule has 8 heteroatoms. The minimum atomic E-state index is -0.302. The van der Waals surface area contributed by atoms with E-state index in [4.69, 9.17) is 5.73 Å². The Hall–Kier alpha value is -3.55. The van der Waals surface area contributed by atoms with Gasteiger partial charge in [-0.15, -0.1) is 0 Å². The molecule has 33 heavy (non-hydrogen) atoms. The number of nitrogen functional groups attached to an aromatic ring is 1. The van der Waals surface area contributed by atoms with Gasteiger partial charge < -0.3 is 10.6 Å². The molecule has 1 atom stereocenters. The number of anilines is 2. The fraction of sp³-hybridized carbons (Fsp3) is 0.360. The van der Waals surface area contributed by atoms with Crippen LogP contribution in [0.2, 0.25) is 0 Å². The van der Waals surface area contributed by atoms with Crippen LogP contribution in [-0.2, 0) is 17.8 Å². The van der Waals surface area contributed by atoms with E-state index in [1.165, 1.54) is 6.33 Å². The Morgan fingerprint density at radius 1 is 1.27 bits per heavy atom. The summed E-state index contributed by atoms with van der Waals surface area (Å²) in [5.41, 5.74) is 12.0. The van der Waals surface area contributed by atoms with Crippen LogP contribution < -0.4 is 10.6 Å². The van der Waals surface area contributed by atoms with Crippen molar-refractivity contribution in [3.63, 3.8) is 0 Å². The third-order valence-electron chi connectivity index (χ3n) is 6.66. The Kier molecular flexibility index (Phi) is 5.23. The first-order valence-corrected chi connectivity index (χ1v) is 11.3. The van der Waals surface area contributed by atoms with E-state index in [-0.39, 0.29) is 24.2 Å². The summed E-state index contributed by atoms with van der Waals surface area (Å²) in [6.45, 7) is 6.51. The minimum Gasteiger partial charge on any atom is -0.383 e. The SMILES string of the molecule is Cc1cc(C)n(CC(=O)N2CCc3c2ccc(C2=CCCC(C)c4ncnc(N)c42)c3F)n1. The molecule has 1 unspecified atom stereocenters. The quantitative estimate of drug-likeness (QED) is 0.658. The summed E-state index contributed by atoms with van der Waals surface area (Å²) in [7, 11) is 0. The molecule has 2 aromatic heterocycles. The fourth-order valence-electron chi connectivity index (χ4n) is 4.99. The van der Waals surface area contributed by atoms with Gasteiger partial charge in [0, 0.05) is 34.6 Å². The van der Waals surface area contributed by atoms with Gasteiger partial charge >= 0.3 is 0 Å². The standard InChI is InChI=1S/C25H27FN6O/c1-14-5-4-6-17(22-24(14)28-13-29-25(22)27)18-7-8-20-19(23(18)26)9-10-31(20)21(33)12-32-16(3)11-15(2)30-32/h6-8,11,13-14H,4-5,9-10,12H2,1-3H3,(H2,27,28,29). The van der Waals surface area contributed by atoms with Gasteiger partial charge in [-0.3, -0.25) is 9.48 Å². The average molecular weight is 447 g/mol. The van der Waals surface area contributed by atoms with Crippen LogP contribution in [0.5, 0.6) is 0 Å². The smallest absolute Gasteiger partial charge is 0.248 e. The van der Waals surface area contributed by atoms with Gasteiger partial charge in [0.15, 0.2) is 0 Å². The summed E-state index contributed by atoms with van der Waals surface area (Å²) in [6.07, 6.45) is 5.69. The lowest BCUT2D eigenvalue weighted by Gasteiger charge is -2.19. The number of benzene rings is 1. The Morgan fingerprint density at radius 3 is 2.85 bits per heavy atom. The highest BCUT2D eigenvalue weighted by Crippen LogP contribution is 2.41. The van der Waals surface area contributed by atoms with Gasteiger partial charge in [0.1, 0.15) is 24.5 Å². The second-order valence-corrected chi connectivity index (χ2v) is 8.92. The molecule has 3 heterocycles. The molecule has 0 saturated heterocycles. The first kappa shape index (κ1) is 21.3. The average Bonchev–Trinajstić information content (AvgIpc) is 3.30. The van der Waals surface area contributed by atoms with Gasteiger partial charge in [0.05, 0.1) is 11.4 Å². The highest BCUT2D eigenvalue weighted by atomic mass is 19.1. The Labute approximate surface area is 192 Å². The zero-order valence-corrected chi connectivity index (χ0v) is 19.1. The molecule has 1 aliphatic carbocycles. The number of aryl methyl sites for hydroxylation is 2. The molecule has 7 nitrogen and oxygen atoms in total. The second kappa shape index (κ2) is 8.10. The van der Waals surface area contributed by atoms with E-state index in [0.29, 0.717) is 35.6 Å². The number of aromatic nitrogens is 4. The van der Waals surface area contributed by atoms with E-state index in [1.807, 2.05) is 32.1 Å². The van der Waals surface area contributed by atoms with Crippen molar-refractivity contribution in [3.8, 4) is 0 Å². The molecule has 0 fully saturated rings. The van der Waals surface area contributed by atoms with Gasteiger partial charge in [-0.1, -0.05) is 13.0 Å². The Bertz CT molecular complexity index is 1290. The molecule has 5 rings (SSSR count). The van der Waals surface area contributed by atoms with Crippen LogP contribution in [0.15, 0.2) is 30.6 Å². The third-order valence-corrected chi connectivity index (χ3v) is 6.66. The van der Waals surface area contributed by atoms with Crippen molar-refractivity contribution in [3.05, 3.63) is 70.2 Å². The number of hydrogen-bond acceptors (Lipinski definition) is 5. The summed E-state index contributed by atoms with van der Waals surface area (Å²) in [5.74, 6) is 0.169. The molecule has 2 aliphatic rings. The van der Waals surface area contributed by atoms with Gasteiger partial charge in [0.25, 0.3) is 0 Å². The van der Waals surface area contributed by atoms with E-state index in [0.717, 1.165) is 41.1 Å². The van der Waals surface area contributed by atoms with Crippen LogP contribution in [0, 0.1) is 19.7 Å². The second-order valence-electron chi connectivity index (χ2n) is 8.92. The van der Waals surface area contributed by atoms with Crippen LogP contribution in [0.3, 0.4) is 0 Å². The first-order valence-electron chi connectivity index (χ1n) is 11.3. The van der Waals surface area contributed by atoms with E-state index in [2.05, 4.69) is 22.0 Å². The summed E-state index contributed by atoms with van der Waals surface area (Å²) < 4.78 is 17.6. The monoisotopic (exact) mass is 446 g/mol. The molecule has 0 bridgehead atoms. The maximum absolute atomic E-state index is 15.9. The number of rotatable bonds is 3. The molecule has 2 N–H and O–H groups in total. The number of hydrogen-bond donors (Lipinski definition) is 1. The lowest BCUT2D eigenvalue weighted by atomic mass is 9.92. The van der Waals surface area contributed by atoms with Crippen LogP contribution in [0.4, 0.5) is 15.9 Å². The Morgan fingerprint density at radius 2 is 2.09 bits per heavy atom. The van der Waals surface area contributed by atoms with Crippen LogP contribution in [0.25, 0.3) is 5.57 Å². The van der Waals surface area contributed by atoms with Crippen molar-refractivity contribution in [2.75, 3.05) is 17.2 Å².